The first-order chi connectivity index (χ1) is 7.20. The highest BCUT2D eigenvalue weighted by molar-refractivity contribution is 4.74. The Morgan fingerprint density at radius 3 is 2.00 bits per heavy atom. The number of hydrogen-bond acceptors (Lipinski definition) is 4. The number of quaternary nitrogens is 1. The number of aliphatic hydroxyl groups is 2. The van der Waals surface area contributed by atoms with Gasteiger partial charge >= 0.3 is 0 Å². The van der Waals surface area contributed by atoms with Crippen molar-refractivity contribution < 1.29 is 20.0 Å². The zero-order valence-corrected chi connectivity index (χ0v) is 8.80. The van der Waals surface area contributed by atoms with Gasteiger partial charge in [0.2, 0.25) is 12.5 Å². The van der Waals surface area contributed by atoms with Gasteiger partial charge < -0.3 is 14.9 Å². The van der Waals surface area contributed by atoms with E-state index in [2.05, 4.69) is 13.2 Å². The van der Waals surface area contributed by atoms with Crippen molar-refractivity contribution in [2.75, 3.05) is 26.3 Å². The van der Waals surface area contributed by atoms with Gasteiger partial charge in [0.1, 0.15) is 0 Å². The van der Waals surface area contributed by atoms with Gasteiger partial charge in [0, 0.05) is 0 Å². The molecule has 2 atom stereocenters. The molecule has 0 aliphatic carbocycles. The molecule has 5 nitrogen and oxygen atoms in total. The second-order valence-electron chi connectivity index (χ2n) is 3.39. The van der Waals surface area contributed by atoms with Crippen LogP contribution in [0.2, 0.25) is 0 Å². The Hall–Kier alpha value is -0.720. The lowest BCUT2D eigenvalue weighted by Crippen LogP contribution is -3.25. The third kappa shape index (κ3) is 3.12. The summed E-state index contributed by atoms with van der Waals surface area (Å²) in [5.74, 6) is 0. The summed E-state index contributed by atoms with van der Waals surface area (Å²) >= 11 is 0. The maximum absolute atomic E-state index is 9.73. The topological polar surface area (TPSA) is 57.4 Å². The summed E-state index contributed by atoms with van der Waals surface area (Å²) in [4.78, 5) is 0. The maximum atomic E-state index is 9.73. The van der Waals surface area contributed by atoms with Crippen molar-refractivity contribution in [3.63, 3.8) is 0 Å². The summed E-state index contributed by atoms with van der Waals surface area (Å²) in [5, 5.41) is 21.9. The highest BCUT2D eigenvalue weighted by Gasteiger charge is 2.31. The number of aliphatic hydroxyl groups excluding tert-OH is 2. The van der Waals surface area contributed by atoms with Crippen molar-refractivity contribution in [1.82, 2.24) is 5.01 Å². The second-order valence-corrected chi connectivity index (χ2v) is 3.39. The largest absolute Gasteiger partial charge is 0.378 e. The highest BCUT2D eigenvalue weighted by atomic mass is 16.5. The Bertz CT molecular complexity index is 203. The lowest BCUT2D eigenvalue weighted by molar-refractivity contribution is -1.08. The molecule has 2 unspecified atom stereocenters. The van der Waals surface area contributed by atoms with Gasteiger partial charge in [-0.15, -0.1) is 5.01 Å². The molecule has 1 heterocycles. The number of ether oxygens (including phenoxy) is 1. The van der Waals surface area contributed by atoms with Gasteiger partial charge in [-0.05, 0) is 12.2 Å². The predicted molar refractivity (Wildman–Crippen MR) is 55.8 cm³/mol. The van der Waals surface area contributed by atoms with E-state index in [0.717, 1.165) is 0 Å². The third-order valence-electron chi connectivity index (χ3n) is 2.43. The molecule has 1 aliphatic heterocycles. The smallest absolute Gasteiger partial charge is 0.228 e. The molecule has 15 heavy (non-hydrogen) atoms. The normalized spacial score (nSPS) is 24.1. The zero-order chi connectivity index (χ0) is 11.3. The molecule has 5 heteroatoms. The predicted octanol–water partition coefficient (Wildman–Crippen LogP) is -1.87. The van der Waals surface area contributed by atoms with Crippen LogP contribution in [0, 0.1) is 0 Å². The summed E-state index contributed by atoms with van der Waals surface area (Å²) < 4.78 is 5.21. The van der Waals surface area contributed by atoms with Crippen LogP contribution in [0.25, 0.3) is 0 Å². The molecule has 1 saturated heterocycles. The Kier molecular flexibility index (Phi) is 4.93. The van der Waals surface area contributed by atoms with E-state index >= 15 is 0 Å². The molecule has 0 amide bonds. The van der Waals surface area contributed by atoms with Crippen molar-refractivity contribution in [3.8, 4) is 0 Å². The van der Waals surface area contributed by atoms with Crippen LogP contribution in [-0.2, 0) is 4.74 Å². The molecule has 0 aromatic heterocycles. The van der Waals surface area contributed by atoms with E-state index in [4.69, 9.17) is 4.74 Å². The number of rotatable bonds is 5. The van der Waals surface area contributed by atoms with Crippen LogP contribution in [0.5, 0.6) is 0 Å². The fourth-order valence-electron chi connectivity index (χ4n) is 1.61. The third-order valence-corrected chi connectivity index (χ3v) is 2.43. The average Bonchev–Trinajstić information content (AvgIpc) is 2.30. The standard InChI is InChI=1S/C10H18N2O3/c1-3-9(13)12(10(14)4-2)11-5-7-15-8-6-11/h3-4,9-10,13-14H,1-2,5-8H2/p+1. The van der Waals surface area contributed by atoms with Crippen molar-refractivity contribution in [3.05, 3.63) is 25.3 Å². The van der Waals surface area contributed by atoms with Gasteiger partial charge in [0.05, 0.1) is 26.3 Å². The number of nitrogens with zero attached hydrogens (tertiary/aromatic N) is 1. The first-order valence-electron chi connectivity index (χ1n) is 5.01. The van der Waals surface area contributed by atoms with Gasteiger partial charge in [-0.3, -0.25) is 0 Å². The van der Waals surface area contributed by atoms with Crippen LogP contribution in [0.1, 0.15) is 0 Å². The SMILES string of the molecule is C=CC(O)[NH+](C(O)C=C)N1CCOCC1. The fraction of sp³-hybridized carbons (Fsp3) is 0.600. The molecule has 0 saturated carbocycles. The Balaban J connectivity index is 2.68. The second kappa shape index (κ2) is 5.99. The van der Waals surface area contributed by atoms with Crippen LogP contribution in [0.4, 0.5) is 0 Å². The molecule has 0 aromatic carbocycles. The molecular formula is C10H19N2O3+. The van der Waals surface area contributed by atoms with Gasteiger partial charge in [-0.1, -0.05) is 13.2 Å². The van der Waals surface area contributed by atoms with Crippen molar-refractivity contribution in [1.29, 1.82) is 0 Å². The zero-order valence-electron chi connectivity index (χ0n) is 8.80. The summed E-state index contributed by atoms with van der Waals surface area (Å²) in [5.41, 5.74) is 0. The van der Waals surface area contributed by atoms with E-state index in [0.29, 0.717) is 31.3 Å². The molecule has 3 N–H and O–H groups in total. The summed E-state index contributed by atoms with van der Waals surface area (Å²) in [6.07, 6.45) is 1.13. The fourth-order valence-corrected chi connectivity index (χ4v) is 1.61. The molecule has 1 fully saturated rings. The minimum Gasteiger partial charge on any atom is -0.378 e. The van der Waals surface area contributed by atoms with E-state index < -0.39 is 12.5 Å². The maximum Gasteiger partial charge on any atom is 0.228 e. The Morgan fingerprint density at radius 2 is 1.60 bits per heavy atom. The molecule has 1 aliphatic rings. The molecule has 0 radical (unpaired) electrons. The first-order valence-corrected chi connectivity index (χ1v) is 5.01. The number of morpholine rings is 1. The van der Waals surface area contributed by atoms with E-state index in [-0.39, 0.29) is 0 Å². The van der Waals surface area contributed by atoms with E-state index in [1.807, 2.05) is 5.01 Å². The highest BCUT2D eigenvalue weighted by Crippen LogP contribution is 1.92. The minimum atomic E-state index is -0.837. The first kappa shape index (κ1) is 12.4. The van der Waals surface area contributed by atoms with Crippen molar-refractivity contribution in [2.24, 2.45) is 0 Å². The lowest BCUT2D eigenvalue weighted by Gasteiger charge is -2.36. The molecule has 1 rings (SSSR count). The van der Waals surface area contributed by atoms with Crippen LogP contribution >= 0.6 is 0 Å². The molecular weight excluding hydrogens is 196 g/mol. The number of nitrogens with one attached hydrogen (secondary N) is 1. The monoisotopic (exact) mass is 215 g/mol. The quantitative estimate of drug-likeness (QED) is 0.371. The van der Waals surface area contributed by atoms with Crippen LogP contribution < -0.4 is 5.01 Å². The van der Waals surface area contributed by atoms with Crippen LogP contribution in [0.3, 0.4) is 0 Å². The van der Waals surface area contributed by atoms with Gasteiger partial charge in [-0.25, -0.2) is 0 Å². The average molecular weight is 215 g/mol. The molecule has 86 valence electrons. The van der Waals surface area contributed by atoms with E-state index in [1.165, 1.54) is 12.2 Å². The van der Waals surface area contributed by atoms with E-state index in [9.17, 15) is 10.2 Å². The summed E-state index contributed by atoms with van der Waals surface area (Å²) in [7, 11) is 0. The van der Waals surface area contributed by atoms with Gasteiger partial charge in [0.15, 0.2) is 0 Å². The van der Waals surface area contributed by atoms with Crippen LogP contribution in [0.15, 0.2) is 25.3 Å². The van der Waals surface area contributed by atoms with Crippen LogP contribution in [-0.4, -0.2) is 54.0 Å². The molecule has 0 spiro atoms. The van der Waals surface area contributed by atoms with Crippen molar-refractivity contribution >= 4 is 0 Å². The Labute approximate surface area is 89.8 Å². The Morgan fingerprint density at radius 1 is 1.13 bits per heavy atom. The van der Waals surface area contributed by atoms with Gasteiger partial charge in [0.25, 0.3) is 0 Å². The summed E-state index contributed by atoms with van der Waals surface area (Å²) in [6.45, 7) is 9.60. The minimum absolute atomic E-state index is 0.531. The van der Waals surface area contributed by atoms with Crippen molar-refractivity contribution in [2.45, 2.75) is 12.5 Å². The summed E-state index contributed by atoms with van der Waals surface area (Å²) in [6, 6.07) is 0. The lowest BCUT2D eigenvalue weighted by atomic mass is 10.4. The number of hydrogen-bond donors (Lipinski definition) is 3. The van der Waals surface area contributed by atoms with E-state index in [1.54, 1.807) is 0 Å². The van der Waals surface area contributed by atoms with Gasteiger partial charge in [-0.2, -0.15) is 5.01 Å². The molecule has 0 aromatic rings. The molecule has 0 bridgehead atoms.